The van der Waals surface area contributed by atoms with Gasteiger partial charge in [-0.25, -0.2) is 0 Å². The molecule has 2 N–H and O–H groups in total. The highest BCUT2D eigenvalue weighted by molar-refractivity contribution is 5.85. The van der Waals surface area contributed by atoms with Crippen LogP contribution in [0.15, 0.2) is 0 Å². The van der Waals surface area contributed by atoms with Crippen molar-refractivity contribution < 1.29 is 4.79 Å². The summed E-state index contributed by atoms with van der Waals surface area (Å²) in [4.78, 5) is 14.7. The molecule has 4 nitrogen and oxygen atoms in total. The normalized spacial score (nSPS) is 18.8. The van der Waals surface area contributed by atoms with E-state index in [0.717, 1.165) is 13.1 Å². The summed E-state index contributed by atoms with van der Waals surface area (Å²) in [7, 11) is 0. The van der Waals surface area contributed by atoms with Crippen molar-refractivity contribution in [2.75, 3.05) is 26.2 Å². The first-order chi connectivity index (χ1) is 8.88. The van der Waals surface area contributed by atoms with Gasteiger partial charge in [0.2, 0.25) is 5.91 Å². The van der Waals surface area contributed by atoms with E-state index in [1.165, 1.54) is 25.9 Å². The molecule has 1 aliphatic heterocycles. The molecular formula is C15H31N3O. The Hall–Kier alpha value is -0.610. The van der Waals surface area contributed by atoms with Crippen LogP contribution < -0.4 is 10.6 Å². The third-order valence-electron chi connectivity index (χ3n) is 4.04. The van der Waals surface area contributed by atoms with E-state index < -0.39 is 5.54 Å². The predicted molar refractivity (Wildman–Crippen MR) is 80.2 cm³/mol. The minimum atomic E-state index is -0.485. The number of rotatable bonds is 7. The predicted octanol–water partition coefficient (Wildman–Crippen LogP) is 1.61. The Balaban J connectivity index is 2.49. The van der Waals surface area contributed by atoms with Crippen LogP contribution in [0, 0.1) is 5.92 Å². The lowest BCUT2D eigenvalue weighted by Gasteiger charge is -2.32. The number of carbonyl (C=O) groups excluding carboxylic acids is 1. The molecule has 0 bridgehead atoms. The van der Waals surface area contributed by atoms with E-state index in [9.17, 15) is 4.79 Å². The maximum absolute atomic E-state index is 12.2. The number of likely N-dealkylation sites (tertiary alicyclic amines) is 1. The van der Waals surface area contributed by atoms with Crippen LogP contribution in [0.2, 0.25) is 0 Å². The second-order valence-corrected chi connectivity index (χ2v) is 6.42. The van der Waals surface area contributed by atoms with Gasteiger partial charge in [-0.1, -0.05) is 20.8 Å². The van der Waals surface area contributed by atoms with Crippen molar-refractivity contribution >= 4 is 5.91 Å². The fraction of sp³-hybridized carbons (Fsp3) is 0.933. The molecule has 1 fully saturated rings. The highest BCUT2D eigenvalue weighted by atomic mass is 16.2. The Morgan fingerprint density at radius 1 is 1.26 bits per heavy atom. The smallest absolute Gasteiger partial charge is 0.239 e. The average Bonchev–Trinajstić information content (AvgIpc) is 2.82. The van der Waals surface area contributed by atoms with Gasteiger partial charge in [0.25, 0.3) is 0 Å². The van der Waals surface area contributed by atoms with E-state index >= 15 is 0 Å². The zero-order valence-corrected chi connectivity index (χ0v) is 13.3. The second-order valence-electron chi connectivity index (χ2n) is 6.42. The molecule has 1 unspecified atom stereocenters. The summed E-state index contributed by atoms with van der Waals surface area (Å²) in [5, 5.41) is 6.34. The van der Waals surface area contributed by atoms with Gasteiger partial charge in [0.1, 0.15) is 0 Å². The molecule has 0 aromatic heterocycles. The summed E-state index contributed by atoms with van der Waals surface area (Å²) in [6.07, 6.45) is 2.58. The zero-order chi connectivity index (χ0) is 14.5. The van der Waals surface area contributed by atoms with Crippen LogP contribution in [0.3, 0.4) is 0 Å². The van der Waals surface area contributed by atoms with E-state index in [0.29, 0.717) is 12.0 Å². The number of hydrogen-bond acceptors (Lipinski definition) is 3. The van der Waals surface area contributed by atoms with Gasteiger partial charge >= 0.3 is 0 Å². The minimum absolute atomic E-state index is 0.0965. The molecule has 0 spiro atoms. The molecule has 0 saturated carbocycles. The highest BCUT2D eigenvalue weighted by Crippen LogP contribution is 2.17. The van der Waals surface area contributed by atoms with Gasteiger partial charge in [-0.2, -0.15) is 0 Å². The largest absolute Gasteiger partial charge is 0.353 e. The SMILES string of the molecule is CCNC(C)(C)C(=O)NCC(C(C)C)N1CCCC1. The third kappa shape index (κ3) is 4.77. The fourth-order valence-corrected chi connectivity index (χ4v) is 2.80. The summed E-state index contributed by atoms with van der Waals surface area (Å²) in [5.41, 5.74) is -0.485. The van der Waals surface area contributed by atoms with Gasteiger partial charge in [0.15, 0.2) is 0 Å². The molecule has 0 radical (unpaired) electrons. The van der Waals surface area contributed by atoms with Crippen molar-refractivity contribution in [1.82, 2.24) is 15.5 Å². The van der Waals surface area contributed by atoms with Crippen LogP contribution in [-0.4, -0.2) is 48.6 Å². The fourth-order valence-electron chi connectivity index (χ4n) is 2.80. The molecule has 1 heterocycles. The Bertz CT molecular complexity index is 283. The molecule has 112 valence electrons. The van der Waals surface area contributed by atoms with Crippen molar-refractivity contribution in [3.05, 3.63) is 0 Å². The molecule has 0 aromatic rings. The van der Waals surface area contributed by atoms with Crippen LogP contribution in [0.4, 0.5) is 0 Å². The van der Waals surface area contributed by atoms with Gasteiger partial charge in [-0.05, 0) is 52.2 Å². The van der Waals surface area contributed by atoms with Crippen molar-refractivity contribution in [2.24, 2.45) is 5.92 Å². The van der Waals surface area contributed by atoms with Gasteiger partial charge in [-0.3, -0.25) is 9.69 Å². The molecule has 1 aliphatic rings. The van der Waals surface area contributed by atoms with Crippen molar-refractivity contribution in [2.45, 2.75) is 59.0 Å². The summed E-state index contributed by atoms with van der Waals surface area (Å²) >= 11 is 0. The first kappa shape index (κ1) is 16.4. The molecule has 1 amide bonds. The average molecular weight is 269 g/mol. The van der Waals surface area contributed by atoms with Crippen molar-refractivity contribution in [1.29, 1.82) is 0 Å². The molecule has 0 aliphatic carbocycles. The number of likely N-dealkylation sites (N-methyl/N-ethyl adjacent to an activating group) is 1. The molecule has 19 heavy (non-hydrogen) atoms. The lowest BCUT2D eigenvalue weighted by molar-refractivity contribution is -0.126. The molecule has 1 rings (SSSR count). The van der Waals surface area contributed by atoms with Crippen molar-refractivity contribution in [3.8, 4) is 0 Å². The Morgan fingerprint density at radius 3 is 2.32 bits per heavy atom. The Kier molecular flexibility index (Phi) is 6.27. The van der Waals surface area contributed by atoms with Crippen LogP contribution in [0.1, 0.15) is 47.5 Å². The maximum Gasteiger partial charge on any atom is 0.239 e. The monoisotopic (exact) mass is 269 g/mol. The summed E-state index contributed by atoms with van der Waals surface area (Å²) in [6, 6.07) is 0.462. The van der Waals surface area contributed by atoms with Gasteiger partial charge in [-0.15, -0.1) is 0 Å². The quantitative estimate of drug-likeness (QED) is 0.738. The van der Waals surface area contributed by atoms with Gasteiger partial charge in [0.05, 0.1) is 5.54 Å². The lowest BCUT2D eigenvalue weighted by atomic mass is 10.0. The number of nitrogens with one attached hydrogen (secondary N) is 2. The van der Waals surface area contributed by atoms with Gasteiger partial charge < -0.3 is 10.6 Å². The molecule has 4 heteroatoms. The van der Waals surface area contributed by atoms with Crippen LogP contribution >= 0.6 is 0 Å². The second kappa shape index (κ2) is 7.25. The van der Waals surface area contributed by atoms with E-state index in [2.05, 4.69) is 29.4 Å². The number of amides is 1. The number of carbonyl (C=O) groups is 1. The number of hydrogen-bond donors (Lipinski definition) is 2. The molecule has 1 atom stereocenters. The molecule has 0 aromatic carbocycles. The van der Waals surface area contributed by atoms with E-state index in [-0.39, 0.29) is 5.91 Å². The minimum Gasteiger partial charge on any atom is -0.353 e. The van der Waals surface area contributed by atoms with E-state index in [1.807, 2.05) is 20.8 Å². The Labute approximate surface area is 118 Å². The summed E-state index contributed by atoms with van der Waals surface area (Å²) in [6.45, 7) is 14.3. The van der Waals surface area contributed by atoms with Crippen molar-refractivity contribution in [3.63, 3.8) is 0 Å². The number of nitrogens with zero attached hydrogens (tertiary/aromatic N) is 1. The Morgan fingerprint density at radius 2 is 1.84 bits per heavy atom. The molecular weight excluding hydrogens is 238 g/mol. The zero-order valence-electron chi connectivity index (χ0n) is 13.3. The first-order valence-corrected chi connectivity index (χ1v) is 7.66. The van der Waals surface area contributed by atoms with E-state index in [4.69, 9.17) is 0 Å². The first-order valence-electron chi connectivity index (χ1n) is 7.66. The lowest BCUT2D eigenvalue weighted by Crippen LogP contribution is -2.55. The van der Waals surface area contributed by atoms with Gasteiger partial charge in [0, 0.05) is 12.6 Å². The molecule has 1 saturated heterocycles. The maximum atomic E-state index is 12.2. The third-order valence-corrected chi connectivity index (χ3v) is 4.04. The van der Waals surface area contributed by atoms with Crippen LogP contribution in [-0.2, 0) is 4.79 Å². The van der Waals surface area contributed by atoms with Crippen LogP contribution in [0.5, 0.6) is 0 Å². The summed E-state index contributed by atoms with van der Waals surface area (Å²) < 4.78 is 0. The highest BCUT2D eigenvalue weighted by Gasteiger charge is 2.29. The van der Waals surface area contributed by atoms with Crippen LogP contribution in [0.25, 0.3) is 0 Å². The topological polar surface area (TPSA) is 44.4 Å². The standard InChI is InChI=1S/C15H31N3O/c1-6-17-15(4,5)14(19)16-11-13(12(2)3)18-9-7-8-10-18/h12-13,17H,6-11H2,1-5H3,(H,16,19). The van der Waals surface area contributed by atoms with E-state index in [1.54, 1.807) is 0 Å². The summed E-state index contributed by atoms with van der Waals surface area (Å²) in [5.74, 6) is 0.667.